The zero-order valence-corrected chi connectivity index (χ0v) is 16.7. The van der Waals surface area contributed by atoms with Crippen molar-refractivity contribution >= 4 is 34.3 Å². The number of fused-ring (bicyclic) bond motifs is 1. The predicted octanol–water partition coefficient (Wildman–Crippen LogP) is 2.58. The molecule has 0 bridgehead atoms. The Balaban J connectivity index is 1.85. The van der Waals surface area contributed by atoms with Gasteiger partial charge in [0.15, 0.2) is 5.75 Å². The van der Waals surface area contributed by atoms with Gasteiger partial charge in [0.1, 0.15) is 5.82 Å². The molecule has 0 radical (unpaired) electrons. The Bertz CT molecular complexity index is 1150. The fourth-order valence-electron chi connectivity index (χ4n) is 3.41. The van der Waals surface area contributed by atoms with Crippen LogP contribution in [0.25, 0.3) is 22.7 Å². The maximum atomic E-state index is 13.3. The molecule has 1 aromatic heterocycles. The fourth-order valence-corrected chi connectivity index (χ4v) is 3.41. The first kappa shape index (κ1) is 20.4. The molecule has 4 rings (SSSR count). The third kappa shape index (κ3) is 4.05. The summed E-state index contributed by atoms with van der Waals surface area (Å²) in [7, 11) is 1.30. The van der Waals surface area contributed by atoms with Gasteiger partial charge in [0, 0.05) is 19.2 Å². The van der Waals surface area contributed by atoms with Crippen molar-refractivity contribution in [3.05, 3.63) is 57.9 Å². The van der Waals surface area contributed by atoms with Crippen LogP contribution in [0.5, 0.6) is 11.5 Å². The first-order valence-electron chi connectivity index (χ1n) is 9.57. The number of aromatic hydroxyl groups is 1. The van der Waals surface area contributed by atoms with Gasteiger partial charge in [-0.25, -0.2) is 4.98 Å². The van der Waals surface area contributed by atoms with Crippen molar-refractivity contribution in [2.45, 2.75) is 0 Å². The van der Waals surface area contributed by atoms with Gasteiger partial charge in [0.05, 0.1) is 41.9 Å². The molecule has 0 saturated carbocycles. The molecule has 0 atom stereocenters. The summed E-state index contributed by atoms with van der Waals surface area (Å²) in [5.41, 5.74) is 1.48. The van der Waals surface area contributed by atoms with Crippen molar-refractivity contribution in [1.82, 2.24) is 14.9 Å². The number of phenols is 1. The number of carbonyl (C=O) groups is 1. The first-order valence-corrected chi connectivity index (χ1v) is 9.57. The zero-order chi connectivity index (χ0) is 22.0. The Morgan fingerprint density at radius 3 is 2.74 bits per heavy atom. The molecule has 1 saturated heterocycles. The smallest absolute Gasteiger partial charge is 0.315 e. The lowest BCUT2D eigenvalue weighted by molar-refractivity contribution is -0.386. The molecule has 10 heteroatoms. The van der Waals surface area contributed by atoms with Gasteiger partial charge in [-0.05, 0) is 29.8 Å². The number of methoxy groups -OCH3 is 1. The van der Waals surface area contributed by atoms with Crippen molar-refractivity contribution < 1.29 is 24.3 Å². The van der Waals surface area contributed by atoms with Crippen LogP contribution >= 0.6 is 0 Å². The van der Waals surface area contributed by atoms with E-state index in [1.54, 1.807) is 4.90 Å². The number of nitrogens with zero attached hydrogens (tertiary/aromatic N) is 3. The second kappa shape index (κ2) is 8.44. The number of aromatic nitrogens is 2. The van der Waals surface area contributed by atoms with Crippen molar-refractivity contribution in [2.24, 2.45) is 0 Å². The van der Waals surface area contributed by atoms with Gasteiger partial charge < -0.3 is 24.5 Å². The number of imidazole rings is 1. The second-order valence-electron chi connectivity index (χ2n) is 6.91. The fraction of sp³-hybridized carbons (Fsp3) is 0.238. The Kier molecular flexibility index (Phi) is 5.54. The summed E-state index contributed by atoms with van der Waals surface area (Å²) in [6.45, 7) is 1.71. The molecule has 31 heavy (non-hydrogen) atoms. The number of ether oxygens (including phenoxy) is 2. The number of morpholine rings is 1. The lowest BCUT2D eigenvalue weighted by Crippen LogP contribution is -2.41. The maximum absolute atomic E-state index is 13.3. The molecule has 0 spiro atoms. The van der Waals surface area contributed by atoms with E-state index in [1.165, 1.54) is 25.3 Å². The molecule has 3 aromatic rings. The normalized spacial score (nSPS) is 14.6. The number of para-hydroxylation sites is 2. The van der Waals surface area contributed by atoms with E-state index in [0.29, 0.717) is 43.2 Å². The number of hydrogen-bond donors (Lipinski definition) is 2. The van der Waals surface area contributed by atoms with Gasteiger partial charge in [0.25, 0.3) is 5.91 Å². The summed E-state index contributed by atoms with van der Waals surface area (Å²) in [6, 6.07) is 9.97. The SMILES string of the molecule is COc1cc(/C=C(/C(=O)N2CCOCC2)c2nc3ccccc3[nH]2)cc([N+](=O)[O-])c1O. The van der Waals surface area contributed by atoms with Gasteiger partial charge in [0.2, 0.25) is 5.75 Å². The van der Waals surface area contributed by atoms with Gasteiger partial charge in [-0.15, -0.1) is 0 Å². The second-order valence-corrected chi connectivity index (χ2v) is 6.91. The summed E-state index contributed by atoms with van der Waals surface area (Å²) in [4.78, 5) is 33.3. The van der Waals surface area contributed by atoms with Crippen LogP contribution in [0.3, 0.4) is 0 Å². The molecule has 1 fully saturated rings. The number of H-pyrrole nitrogens is 1. The number of amides is 1. The molecule has 0 unspecified atom stereocenters. The molecule has 1 amide bonds. The lowest BCUT2D eigenvalue weighted by atomic mass is 10.1. The van der Waals surface area contributed by atoms with E-state index < -0.39 is 16.4 Å². The lowest BCUT2D eigenvalue weighted by Gasteiger charge is -2.27. The monoisotopic (exact) mass is 424 g/mol. The van der Waals surface area contributed by atoms with Crippen LogP contribution in [0.4, 0.5) is 5.69 Å². The Hall–Kier alpha value is -3.92. The number of rotatable bonds is 5. The highest BCUT2D eigenvalue weighted by atomic mass is 16.6. The van der Waals surface area contributed by atoms with Crippen LogP contribution in [0, 0.1) is 10.1 Å². The molecule has 2 heterocycles. The molecule has 10 nitrogen and oxygen atoms in total. The van der Waals surface area contributed by atoms with Gasteiger partial charge in [-0.1, -0.05) is 12.1 Å². The first-order chi connectivity index (χ1) is 15.0. The van der Waals surface area contributed by atoms with E-state index in [4.69, 9.17) is 9.47 Å². The van der Waals surface area contributed by atoms with Crippen LogP contribution in [-0.4, -0.2) is 64.2 Å². The highest BCUT2D eigenvalue weighted by Crippen LogP contribution is 2.38. The minimum atomic E-state index is -0.708. The highest BCUT2D eigenvalue weighted by molar-refractivity contribution is 6.23. The maximum Gasteiger partial charge on any atom is 0.315 e. The van der Waals surface area contributed by atoms with Crippen LogP contribution in [0.15, 0.2) is 36.4 Å². The van der Waals surface area contributed by atoms with E-state index in [9.17, 15) is 20.0 Å². The quantitative estimate of drug-likeness (QED) is 0.366. The minimum absolute atomic E-state index is 0.0665. The molecule has 2 N–H and O–H groups in total. The van der Waals surface area contributed by atoms with Gasteiger partial charge >= 0.3 is 5.69 Å². The number of nitro benzene ring substituents is 1. The molecule has 160 valence electrons. The molecule has 1 aliphatic heterocycles. The van der Waals surface area contributed by atoms with Crippen LogP contribution in [0.1, 0.15) is 11.4 Å². The van der Waals surface area contributed by atoms with Crippen LogP contribution in [-0.2, 0) is 9.53 Å². The molecule has 2 aromatic carbocycles. The third-order valence-corrected chi connectivity index (χ3v) is 4.98. The van der Waals surface area contributed by atoms with Crippen molar-refractivity contribution in [3.63, 3.8) is 0 Å². The number of hydrogen-bond acceptors (Lipinski definition) is 7. The topological polar surface area (TPSA) is 131 Å². The Morgan fingerprint density at radius 2 is 2.06 bits per heavy atom. The standard InChI is InChI=1S/C21H20N4O6/c1-30-18-12-13(11-17(19(18)26)25(28)29)10-14(21(27)24-6-8-31-9-7-24)20-22-15-4-2-3-5-16(15)23-20/h2-5,10-12,26H,6-9H2,1H3,(H,22,23)/b14-10+. The van der Waals surface area contributed by atoms with E-state index in [2.05, 4.69) is 9.97 Å². The largest absolute Gasteiger partial charge is 0.500 e. The van der Waals surface area contributed by atoms with E-state index in [1.807, 2.05) is 24.3 Å². The van der Waals surface area contributed by atoms with Crippen molar-refractivity contribution in [3.8, 4) is 11.5 Å². The average Bonchev–Trinajstić information content (AvgIpc) is 3.22. The van der Waals surface area contributed by atoms with Crippen molar-refractivity contribution in [2.75, 3.05) is 33.4 Å². The Labute approximate surface area is 176 Å². The Morgan fingerprint density at radius 1 is 1.32 bits per heavy atom. The van der Waals surface area contributed by atoms with Crippen molar-refractivity contribution in [1.29, 1.82) is 0 Å². The number of nitro groups is 1. The van der Waals surface area contributed by atoms with E-state index in [0.717, 1.165) is 5.52 Å². The van der Waals surface area contributed by atoms with E-state index in [-0.39, 0.29) is 17.2 Å². The number of phenolic OH excluding ortho intramolecular Hbond substituents is 1. The third-order valence-electron chi connectivity index (χ3n) is 4.98. The predicted molar refractivity (Wildman–Crippen MR) is 113 cm³/mol. The highest BCUT2D eigenvalue weighted by Gasteiger charge is 2.25. The number of aromatic amines is 1. The number of benzene rings is 2. The van der Waals surface area contributed by atoms with Gasteiger partial charge in [-0.3, -0.25) is 14.9 Å². The summed E-state index contributed by atoms with van der Waals surface area (Å²) in [5.74, 6) is -0.581. The van der Waals surface area contributed by atoms with E-state index >= 15 is 0 Å². The zero-order valence-electron chi connectivity index (χ0n) is 16.7. The molecular weight excluding hydrogens is 404 g/mol. The van der Waals surface area contributed by atoms with Crippen LogP contribution in [0.2, 0.25) is 0 Å². The average molecular weight is 424 g/mol. The summed E-state index contributed by atoms with van der Waals surface area (Å²) >= 11 is 0. The number of carbonyl (C=O) groups excluding carboxylic acids is 1. The summed E-state index contributed by atoms with van der Waals surface area (Å²) in [6.07, 6.45) is 1.50. The summed E-state index contributed by atoms with van der Waals surface area (Å²) in [5, 5.41) is 21.4. The molecule has 1 aliphatic rings. The minimum Gasteiger partial charge on any atom is -0.500 e. The molecule has 0 aliphatic carbocycles. The molecular formula is C21H20N4O6. The number of nitrogens with one attached hydrogen (secondary N) is 1. The van der Waals surface area contributed by atoms with Gasteiger partial charge in [-0.2, -0.15) is 0 Å². The summed E-state index contributed by atoms with van der Waals surface area (Å²) < 4.78 is 10.4. The van der Waals surface area contributed by atoms with Crippen LogP contribution < -0.4 is 4.74 Å².